The minimum Gasteiger partial charge on any atom is -0.387 e. The summed E-state index contributed by atoms with van der Waals surface area (Å²) in [6, 6.07) is 0. The lowest BCUT2D eigenvalue weighted by Crippen LogP contribution is -2.34. The lowest BCUT2D eigenvalue weighted by atomic mass is 10.1. The van der Waals surface area contributed by atoms with Gasteiger partial charge in [-0.05, 0) is 19.4 Å². The van der Waals surface area contributed by atoms with E-state index in [-0.39, 0.29) is 13.0 Å². The first kappa shape index (κ1) is 14.5. The fourth-order valence-electron chi connectivity index (χ4n) is 2.16. The topological polar surface area (TPSA) is 118 Å². The lowest BCUT2D eigenvalue weighted by Gasteiger charge is -2.06. The zero-order valence-electron chi connectivity index (χ0n) is 11.1. The van der Waals surface area contributed by atoms with E-state index < -0.39 is 23.3 Å². The van der Waals surface area contributed by atoms with Gasteiger partial charge in [-0.3, -0.25) is 19.1 Å². The first-order valence-electron chi connectivity index (χ1n) is 6.09. The Balaban J connectivity index is 2.71. The minimum absolute atomic E-state index is 0.222. The van der Waals surface area contributed by atoms with Crippen LogP contribution in [0.15, 0.2) is 9.59 Å². The van der Waals surface area contributed by atoms with Crippen LogP contribution in [-0.4, -0.2) is 20.6 Å². The van der Waals surface area contributed by atoms with E-state index in [9.17, 15) is 19.5 Å². The Kier molecular flexibility index (Phi) is 3.78. The second kappa shape index (κ2) is 5.22. The molecule has 0 fully saturated rings. The second-order valence-corrected chi connectivity index (χ2v) is 5.51. The molecule has 0 radical (unpaired) electrons. The number of aromatic amines is 1. The molecule has 0 spiro atoms. The molecule has 0 bridgehead atoms. The van der Waals surface area contributed by atoms with Gasteiger partial charge in [-0.25, -0.2) is 4.79 Å². The van der Waals surface area contributed by atoms with Gasteiger partial charge in [0.1, 0.15) is 4.83 Å². The van der Waals surface area contributed by atoms with Crippen LogP contribution in [0.25, 0.3) is 10.2 Å². The molecule has 0 aliphatic carbocycles. The average Bonchev–Trinajstić information content (AvgIpc) is 2.66. The molecular formula is C12H15N3O4S. The molecule has 0 aromatic carbocycles. The number of H-pyrrole nitrogens is 1. The maximum atomic E-state index is 12.2. The highest BCUT2D eigenvalue weighted by Crippen LogP contribution is 2.32. The van der Waals surface area contributed by atoms with Gasteiger partial charge < -0.3 is 10.8 Å². The number of aromatic nitrogens is 2. The van der Waals surface area contributed by atoms with E-state index in [4.69, 9.17) is 5.73 Å². The van der Waals surface area contributed by atoms with E-state index in [2.05, 4.69) is 4.98 Å². The van der Waals surface area contributed by atoms with Crippen molar-refractivity contribution in [1.82, 2.24) is 9.55 Å². The predicted octanol–water partition coefficient (Wildman–Crippen LogP) is -0.0116. The van der Waals surface area contributed by atoms with Crippen LogP contribution in [0.2, 0.25) is 0 Å². The van der Waals surface area contributed by atoms with Crippen molar-refractivity contribution in [2.24, 2.45) is 5.73 Å². The minimum atomic E-state index is -1.07. The monoisotopic (exact) mass is 297 g/mol. The Morgan fingerprint density at radius 2 is 2.15 bits per heavy atom. The van der Waals surface area contributed by atoms with Crippen molar-refractivity contribution >= 4 is 27.5 Å². The number of aliphatic hydroxyl groups excluding tert-OH is 1. The van der Waals surface area contributed by atoms with Gasteiger partial charge in [0, 0.05) is 11.4 Å². The molecule has 0 aliphatic heterocycles. The largest absolute Gasteiger partial charge is 0.387 e. The first-order chi connectivity index (χ1) is 9.36. The summed E-state index contributed by atoms with van der Waals surface area (Å²) in [5, 5.41) is 10.3. The number of rotatable bonds is 4. The van der Waals surface area contributed by atoms with Crippen molar-refractivity contribution in [2.45, 2.75) is 32.9 Å². The number of carbonyl (C=O) groups is 1. The Hall–Kier alpha value is -1.93. The molecule has 2 aromatic rings. The maximum Gasteiger partial charge on any atom is 0.329 e. The van der Waals surface area contributed by atoms with Crippen LogP contribution in [0.1, 0.15) is 29.9 Å². The number of hydrogen-bond acceptors (Lipinski definition) is 5. The van der Waals surface area contributed by atoms with E-state index in [1.54, 1.807) is 13.8 Å². The van der Waals surface area contributed by atoms with Gasteiger partial charge in [-0.1, -0.05) is 0 Å². The number of primary amides is 1. The predicted molar refractivity (Wildman–Crippen MR) is 75.9 cm³/mol. The van der Waals surface area contributed by atoms with E-state index in [0.717, 1.165) is 15.9 Å². The fourth-order valence-corrected chi connectivity index (χ4v) is 3.33. The molecule has 0 aliphatic rings. The molecule has 0 saturated heterocycles. The number of nitrogens with one attached hydrogen (secondary N) is 1. The number of aryl methyl sites for hydroxylation is 1. The van der Waals surface area contributed by atoms with Gasteiger partial charge in [-0.15, -0.1) is 11.3 Å². The molecule has 1 unspecified atom stereocenters. The standard InChI is InChI=1S/C12H15N3O4S/c1-3-15-11(18)8-5(2)9(6(16)4-7(13)17)20-10(8)14-12(15)19/h6,16H,3-4H2,1-2H3,(H2,13,17)(H,14,19). The van der Waals surface area contributed by atoms with Crippen molar-refractivity contribution in [2.75, 3.05) is 0 Å². The molecule has 4 N–H and O–H groups in total. The van der Waals surface area contributed by atoms with Crippen LogP contribution in [-0.2, 0) is 11.3 Å². The van der Waals surface area contributed by atoms with Crippen LogP contribution < -0.4 is 17.0 Å². The van der Waals surface area contributed by atoms with Crippen LogP contribution in [0.3, 0.4) is 0 Å². The highest BCUT2D eigenvalue weighted by molar-refractivity contribution is 7.18. The molecule has 20 heavy (non-hydrogen) atoms. The molecule has 8 heteroatoms. The summed E-state index contributed by atoms with van der Waals surface area (Å²) in [6.45, 7) is 3.64. The molecule has 2 heterocycles. The third-order valence-corrected chi connectivity index (χ3v) is 4.43. The van der Waals surface area contributed by atoms with Gasteiger partial charge >= 0.3 is 5.69 Å². The summed E-state index contributed by atoms with van der Waals surface area (Å²) in [5.74, 6) is -0.631. The number of thiophene rings is 1. The van der Waals surface area contributed by atoms with Crippen LogP contribution in [0, 0.1) is 6.92 Å². The number of nitrogens with zero attached hydrogens (tertiary/aromatic N) is 1. The fraction of sp³-hybridized carbons (Fsp3) is 0.417. The number of amides is 1. The van der Waals surface area contributed by atoms with E-state index in [1.807, 2.05) is 0 Å². The summed E-state index contributed by atoms with van der Waals surface area (Å²) >= 11 is 1.09. The lowest BCUT2D eigenvalue weighted by molar-refractivity contribution is -0.119. The number of hydrogen-bond donors (Lipinski definition) is 3. The van der Waals surface area contributed by atoms with Crippen molar-refractivity contribution in [3.63, 3.8) is 0 Å². The van der Waals surface area contributed by atoms with Crippen molar-refractivity contribution in [3.05, 3.63) is 31.3 Å². The number of carbonyl (C=O) groups excluding carboxylic acids is 1. The third kappa shape index (κ3) is 2.27. The van der Waals surface area contributed by atoms with Gasteiger partial charge in [0.2, 0.25) is 5.91 Å². The van der Waals surface area contributed by atoms with Crippen LogP contribution in [0.4, 0.5) is 0 Å². The average molecular weight is 297 g/mol. The van der Waals surface area contributed by atoms with Crippen molar-refractivity contribution < 1.29 is 9.90 Å². The molecule has 7 nitrogen and oxygen atoms in total. The van der Waals surface area contributed by atoms with Crippen LogP contribution in [0.5, 0.6) is 0 Å². The molecule has 108 valence electrons. The first-order valence-corrected chi connectivity index (χ1v) is 6.91. The Morgan fingerprint density at radius 3 is 2.70 bits per heavy atom. The zero-order chi connectivity index (χ0) is 15.0. The smallest absolute Gasteiger partial charge is 0.329 e. The normalized spacial score (nSPS) is 12.8. The van der Waals surface area contributed by atoms with Gasteiger partial charge in [0.25, 0.3) is 5.56 Å². The third-order valence-electron chi connectivity index (χ3n) is 3.12. The molecular weight excluding hydrogens is 282 g/mol. The summed E-state index contributed by atoms with van der Waals surface area (Å²) in [7, 11) is 0. The molecule has 1 atom stereocenters. The number of nitrogens with two attached hydrogens (primary N) is 1. The van der Waals surface area contributed by atoms with E-state index >= 15 is 0 Å². The van der Waals surface area contributed by atoms with Gasteiger partial charge in [0.15, 0.2) is 0 Å². The maximum absolute atomic E-state index is 12.2. The van der Waals surface area contributed by atoms with Crippen molar-refractivity contribution in [3.8, 4) is 0 Å². The zero-order valence-corrected chi connectivity index (χ0v) is 11.9. The molecule has 1 amide bonds. The van der Waals surface area contributed by atoms with E-state index in [0.29, 0.717) is 20.7 Å². The summed E-state index contributed by atoms with van der Waals surface area (Å²) < 4.78 is 1.09. The summed E-state index contributed by atoms with van der Waals surface area (Å²) in [6.07, 6.45) is -1.29. The van der Waals surface area contributed by atoms with E-state index in [1.165, 1.54) is 0 Å². The van der Waals surface area contributed by atoms with Gasteiger partial charge in [-0.2, -0.15) is 0 Å². The number of aliphatic hydroxyl groups is 1. The van der Waals surface area contributed by atoms with Crippen molar-refractivity contribution in [1.29, 1.82) is 0 Å². The Bertz CT molecular complexity index is 786. The molecule has 2 rings (SSSR count). The van der Waals surface area contributed by atoms with Gasteiger partial charge in [0.05, 0.1) is 17.9 Å². The van der Waals surface area contributed by atoms with Crippen LogP contribution >= 0.6 is 11.3 Å². The SMILES string of the molecule is CCn1c(=O)[nH]c2sc(C(O)CC(N)=O)c(C)c2c1=O. The summed E-state index contributed by atoms with van der Waals surface area (Å²) in [5.41, 5.74) is 4.75. The highest BCUT2D eigenvalue weighted by atomic mass is 32.1. The Labute approximate surface area is 117 Å². The quantitative estimate of drug-likeness (QED) is 0.735. The second-order valence-electron chi connectivity index (χ2n) is 4.46. The Morgan fingerprint density at radius 1 is 1.50 bits per heavy atom. The number of fused-ring (bicyclic) bond motifs is 1. The highest BCUT2D eigenvalue weighted by Gasteiger charge is 2.21. The molecule has 0 saturated carbocycles. The summed E-state index contributed by atoms with van der Waals surface area (Å²) in [4.78, 5) is 38.3. The molecule has 2 aromatic heterocycles.